The summed E-state index contributed by atoms with van der Waals surface area (Å²) in [7, 11) is 0. The van der Waals surface area contributed by atoms with Crippen molar-refractivity contribution in [3.05, 3.63) is 0 Å². The van der Waals surface area contributed by atoms with Crippen LogP contribution in [0.5, 0.6) is 0 Å². The molecule has 1 heterocycles. The molecule has 1 aliphatic heterocycles. The molecule has 3 N–H and O–H groups in total. The highest BCUT2D eigenvalue weighted by Gasteiger charge is 2.20. The Kier molecular flexibility index (Phi) is 3.12. The van der Waals surface area contributed by atoms with E-state index >= 15 is 0 Å². The lowest BCUT2D eigenvalue weighted by atomic mass is 9.96. The summed E-state index contributed by atoms with van der Waals surface area (Å²) in [5.41, 5.74) is 5.30. The predicted molar refractivity (Wildman–Crippen MR) is 38.6 cm³/mol. The molecule has 0 amide bonds. The van der Waals surface area contributed by atoms with Crippen molar-refractivity contribution in [2.45, 2.75) is 18.9 Å². The largest absolute Gasteiger partial charge is 0.391 e. The number of hydrogen-bond donors (Lipinski definition) is 2. The summed E-state index contributed by atoms with van der Waals surface area (Å²) in [4.78, 5) is 0. The van der Waals surface area contributed by atoms with Crippen LogP contribution < -0.4 is 5.73 Å². The van der Waals surface area contributed by atoms with Gasteiger partial charge in [0.15, 0.2) is 0 Å². The van der Waals surface area contributed by atoms with Crippen LogP contribution in [0.25, 0.3) is 0 Å². The van der Waals surface area contributed by atoms with Gasteiger partial charge in [0, 0.05) is 19.1 Å². The summed E-state index contributed by atoms with van der Waals surface area (Å²) in [5.74, 6) is 0.277. The highest BCUT2D eigenvalue weighted by Crippen LogP contribution is 2.16. The molecule has 0 aromatic carbocycles. The van der Waals surface area contributed by atoms with Crippen molar-refractivity contribution in [3.63, 3.8) is 0 Å². The Labute approximate surface area is 61.2 Å². The third kappa shape index (κ3) is 1.94. The van der Waals surface area contributed by atoms with Gasteiger partial charge < -0.3 is 15.6 Å². The third-order valence-electron chi connectivity index (χ3n) is 1.98. The molecule has 0 aromatic heterocycles. The molecular weight excluding hydrogens is 130 g/mol. The minimum absolute atomic E-state index is 0.277. The van der Waals surface area contributed by atoms with E-state index in [-0.39, 0.29) is 12.0 Å². The third-order valence-corrected chi connectivity index (χ3v) is 1.98. The van der Waals surface area contributed by atoms with Gasteiger partial charge in [-0.2, -0.15) is 0 Å². The molecule has 0 aromatic rings. The molecule has 3 nitrogen and oxygen atoms in total. The quantitative estimate of drug-likeness (QED) is 0.562. The first-order valence-electron chi connectivity index (χ1n) is 3.80. The molecule has 1 fully saturated rings. The summed E-state index contributed by atoms with van der Waals surface area (Å²) in [6.07, 6.45) is 1.75. The topological polar surface area (TPSA) is 55.5 Å². The molecular formula is C7H15NO2. The first-order chi connectivity index (χ1) is 4.84. The number of hydrogen-bond acceptors (Lipinski definition) is 3. The number of aliphatic hydroxyl groups is 1. The lowest BCUT2D eigenvalue weighted by Gasteiger charge is -2.25. The molecule has 0 unspecified atom stereocenters. The standard InChI is InChI=1S/C7H15NO2/c8-4-7(9)6-2-1-3-10-5-6/h6-7,9H,1-5,8H2/t6-,7-/m0/s1. The van der Waals surface area contributed by atoms with Crippen LogP contribution in [0, 0.1) is 5.92 Å². The Bertz CT molecular complexity index is 91.6. The fourth-order valence-corrected chi connectivity index (χ4v) is 1.26. The van der Waals surface area contributed by atoms with Crippen LogP contribution in [0.3, 0.4) is 0 Å². The molecule has 0 radical (unpaired) electrons. The predicted octanol–water partition coefficient (Wildman–Crippen LogP) is -0.267. The zero-order chi connectivity index (χ0) is 7.40. The zero-order valence-corrected chi connectivity index (χ0v) is 6.12. The smallest absolute Gasteiger partial charge is 0.0712 e. The van der Waals surface area contributed by atoms with Gasteiger partial charge in [-0.25, -0.2) is 0 Å². The van der Waals surface area contributed by atoms with Gasteiger partial charge in [0.2, 0.25) is 0 Å². The average molecular weight is 145 g/mol. The highest BCUT2D eigenvalue weighted by molar-refractivity contribution is 4.71. The molecule has 1 saturated heterocycles. The Balaban J connectivity index is 2.24. The van der Waals surface area contributed by atoms with Gasteiger partial charge in [0.1, 0.15) is 0 Å². The van der Waals surface area contributed by atoms with E-state index in [1.807, 2.05) is 0 Å². The average Bonchev–Trinajstić information content (AvgIpc) is 2.05. The monoisotopic (exact) mass is 145 g/mol. The minimum Gasteiger partial charge on any atom is -0.391 e. The van der Waals surface area contributed by atoms with Crippen LogP contribution in [-0.2, 0) is 4.74 Å². The Morgan fingerprint density at radius 3 is 3.00 bits per heavy atom. The van der Waals surface area contributed by atoms with Crippen LogP contribution in [0.15, 0.2) is 0 Å². The van der Waals surface area contributed by atoms with Crippen LogP contribution >= 0.6 is 0 Å². The van der Waals surface area contributed by atoms with Crippen molar-refractivity contribution in [3.8, 4) is 0 Å². The number of ether oxygens (including phenoxy) is 1. The Morgan fingerprint density at radius 1 is 1.70 bits per heavy atom. The van der Waals surface area contributed by atoms with Crippen molar-refractivity contribution in [1.82, 2.24) is 0 Å². The second-order valence-corrected chi connectivity index (χ2v) is 2.78. The van der Waals surface area contributed by atoms with E-state index in [9.17, 15) is 5.11 Å². The van der Waals surface area contributed by atoms with Crippen LogP contribution in [0.4, 0.5) is 0 Å². The van der Waals surface area contributed by atoms with Gasteiger partial charge >= 0.3 is 0 Å². The van der Waals surface area contributed by atoms with Gasteiger partial charge in [-0.1, -0.05) is 0 Å². The second kappa shape index (κ2) is 3.91. The molecule has 0 saturated carbocycles. The summed E-state index contributed by atoms with van der Waals surface area (Å²) in [6, 6.07) is 0. The molecule has 2 atom stereocenters. The second-order valence-electron chi connectivity index (χ2n) is 2.78. The van der Waals surface area contributed by atoms with E-state index in [2.05, 4.69) is 0 Å². The molecule has 0 aliphatic carbocycles. The Morgan fingerprint density at radius 2 is 2.50 bits per heavy atom. The van der Waals surface area contributed by atoms with Gasteiger partial charge in [-0.05, 0) is 12.8 Å². The first-order valence-corrected chi connectivity index (χ1v) is 3.80. The fourth-order valence-electron chi connectivity index (χ4n) is 1.26. The maximum Gasteiger partial charge on any atom is 0.0712 e. The van der Waals surface area contributed by atoms with E-state index in [4.69, 9.17) is 10.5 Å². The summed E-state index contributed by atoms with van der Waals surface area (Å²) >= 11 is 0. The van der Waals surface area contributed by atoms with E-state index < -0.39 is 0 Å². The van der Waals surface area contributed by atoms with E-state index in [1.54, 1.807) is 0 Å². The van der Waals surface area contributed by atoms with E-state index in [1.165, 1.54) is 0 Å². The van der Waals surface area contributed by atoms with Crippen LogP contribution in [0.2, 0.25) is 0 Å². The number of aliphatic hydroxyl groups excluding tert-OH is 1. The van der Waals surface area contributed by atoms with E-state index in [0.717, 1.165) is 19.4 Å². The summed E-state index contributed by atoms with van der Waals surface area (Å²) < 4.78 is 5.19. The SMILES string of the molecule is NC[C@H](O)[C@H]1CCCOC1. The number of rotatable bonds is 2. The van der Waals surface area contributed by atoms with Crippen molar-refractivity contribution in [1.29, 1.82) is 0 Å². The summed E-state index contributed by atoms with van der Waals surface area (Å²) in [5, 5.41) is 9.28. The van der Waals surface area contributed by atoms with E-state index in [0.29, 0.717) is 13.2 Å². The first kappa shape index (κ1) is 7.98. The summed E-state index contributed by atoms with van der Waals surface area (Å²) in [6.45, 7) is 1.88. The van der Waals surface area contributed by atoms with Gasteiger partial charge in [0.05, 0.1) is 12.7 Å². The van der Waals surface area contributed by atoms with Gasteiger partial charge in [-0.3, -0.25) is 0 Å². The van der Waals surface area contributed by atoms with Crippen molar-refractivity contribution < 1.29 is 9.84 Å². The van der Waals surface area contributed by atoms with Crippen molar-refractivity contribution in [2.75, 3.05) is 19.8 Å². The molecule has 3 heteroatoms. The number of nitrogens with two attached hydrogens (primary N) is 1. The molecule has 0 spiro atoms. The van der Waals surface area contributed by atoms with Crippen LogP contribution in [-0.4, -0.2) is 31.0 Å². The van der Waals surface area contributed by atoms with Crippen molar-refractivity contribution >= 4 is 0 Å². The lowest BCUT2D eigenvalue weighted by Crippen LogP contribution is -2.34. The minimum atomic E-state index is -0.361. The van der Waals surface area contributed by atoms with Crippen molar-refractivity contribution in [2.24, 2.45) is 11.7 Å². The molecule has 10 heavy (non-hydrogen) atoms. The normalized spacial score (nSPS) is 30.0. The van der Waals surface area contributed by atoms with Crippen LogP contribution in [0.1, 0.15) is 12.8 Å². The maximum absolute atomic E-state index is 9.28. The zero-order valence-electron chi connectivity index (χ0n) is 6.12. The molecule has 1 rings (SSSR count). The maximum atomic E-state index is 9.28. The Hall–Kier alpha value is -0.120. The highest BCUT2D eigenvalue weighted by atomic mass is 16.5. The molecule has 1 aliphatic rings. The van der Waals surface area contributed by atoms with Gasteiger partial charge in [0.25, 0.3) is 0 Å². The fraction of sp³-hybridized carbons (Fsp3) is 1.00. The molecule has 60 valence electrons. The lowest BCUT2D eigenvalue weighted by molar-refractivity contribution is -0.00526. The molecule has 0 bridgehead atoms. The van der Waals surface area contributed by atoms with Gasteiger partial charge in [-0.15, -0.1) is 0 Å².